The van der Waals surface area contributed by atoms with Crippen molar-refractivity contribution in [1.29, 1.82) is 0 Å². The van der Waals surface area contributed by atoms with Gasteiger partial charge >= 0.3 is 0 Å². The minimum absolute atomic E-state index is 0.0654. The van der Waals surface area contributed by atoms with Crippen molar-refractivity contribution in [3.63, 3.8) is 0 Å². The Labute approximate surface area is 119 Å². The molecule has 1 aromatic carbocycles. The van der Waals surface area contributed by atoms with Crippen molar-refractivity contribution >= 4 is 5.91 Å². The summed E-state index contributed by atoms with van der Waals surface area (Å²) >= 11 is 0. The maximum Gasteiger partial charge on any atom is 0.222 e. The first-order valence-corrected chi connectivity index (χ1v) is 7.03. The molecule has 2 rings (SSSR count). The lowest BCUT2D eigenvalue weighted by molar-refractivity contribution is -0.122. The monoisotopic (exact) mass is 271 g/mol. The van der Waals surface area contributed by atoms with Gasteiger partial charge in [-0.1, -0.05) is 37.3 Å². The molecule has 0 aliphatic carbocycles. The number of nitrogens with one attached hydrogen (secondary N) is 1. The number of hydrogen-bond donors (Lipinski definition) is 1. The number of hydrogen-bond acceptors (Lipinski definition) is 2. The Hall–Kier alpha value is -2.10. The number of nitrogens with zero attached hydrogens (tertiary/aromatic N) is 2. The number of amides is 1. The second-order valence-corrected chi connectivity index (χ2v) is 4.88. The Morgan fingerprint density at radius 3 is 2.65 bits per heavy atom. The number of benzene rings is 1. The molecule has 106 valence electrons. The van der Waals surface area contributed by atoms with E-state index >= 15 is 0 Å². The maximum atomic E-state index is 12.0. The molecule has 0 fully saturated rings. The Morgan fingerprint density at radius 1 is 1.30 bits per heavy atom. The lowest BCUT2D eigenvalue weighted by Gasteiger charge is -2.17. The SMILES string of the molecule is CCC(NC(=O)CCn1nccc1C)c1ccccc1. The van der Waals surface area contributed by atoms with E-state index in [1.54, 1.807) is 6.20 Å². The standard InChI is InChI=1S/C16H21N3O/c1-3-15(14-7-5-4-6-8-14)18-16(20)10-12-19-13(2)9-11-17-19/h4-9,11,15H,3,10,12H2,1-2H3,(H,18,20). The van der Waals surface area contributed by atoms with Crippen LogP contribution in [0.1, 0.15) is 37.1 Å². The topological polar surface area (TPSA) is 46.9 Å². The Kier molecular flexibility index (Phi) is 4.93. The quantitative estimate of drug-likeness (QED) is 0.878. The summed E-state index contributed by atoms with van der Waals surface area (Å²) in [6.07, 6.45) is 3.09. The van der Waals surface area contributed by atoms with Gasteiger partial charge in [0, 0.05) is 24.9 Å². The van der Waals surface area contributed by atoms with Gasteiger partial charge in [-0.25, -0.2) is 0 Å². The number of rotatable bonds is 6. The summed E-state index contributed by atoms with van der Waals surface area (Å²) in [6.45, 7) is 4.69. The largest absolute Gasteiger partial charge is 0.349 e. The predicted octanol–water partition coefficient (Wildman–Crippen LogP) is 2.85. The first-order chi connectivity index (χ1) is 9.70. The molecule has 1 heterocycles. The lowest BCUT2D eigenvalue weighted by atomic mass is 10.0. The van der Waals surface area contributed by atoms with Gasteiger partial charge in [0.05, 0.1) is 6.04 Å². The molecule has 0 aliphatic heterocycles. The third-order valence-corrected chi connectivity index (χ3v) is 3.43. The van der Waals surface area contributed by atoms with E-state index in [1.165, 1.54) is 0 Å². The molecule has 20 heavy (non-hydrogen) atoms. The average molecular weight is 271 g/mol. The van der Waals surface area contributed by atoms with E-state index in [1.807, 2.05) is 48.0 Å². The van der Waals surface area contributed by atoms with Crippen molar-refractivity contribution in [3.8, 4) is 0 Å². The molecule has 0 radical (unpaired) electrons. The molecule has 0 saturated carbocycles. The maximum absolute atomic E-state index is 12.0. The minimum atomic E-state index is 0.0654. The zero-order chi connectivity index (χ0) is 14.4. The van der Waals surface area contributed by atoms with Gasteiger partial charge in [-0.05, 0) is 25.0 Å². The summed E-state index contributed by atoms with van der Waals surface area (Å²) in [7, 11) is 0. The molecule has 1 atom stereocenters. The van der Waals surface area contributed by atoms with Crippen LogP contribution in [0, 0.1) is 6.92 Å². The number of carbonyl (C=O) groups excluding carboxylic acids is 1. The molecule has 0 bridgehead atoms. The first-order valence-electron chi connectivity index (χ1n) is 7.03. The van der Waals surface area contributed by atoms with Crippen molar-refractivity contribution in [1.82, 2.24) is 15.1 Å². The minimum Gasteiger partial charge on any atom is -0.349 e. The highest BCUT2D eigenvalue weighted by molar-refractivity contribution is 5.76. The molecule has 4 heteroatoms. The number of aromatic nitrogens is 2. The molecule has 0 aliphatic rings. The molecule has 0 saturated heterocycles. The highest BCUT2D eigenvalue weighted by Crippen LogP contribution is 2.15. The fourth-order valence-electron chi connectivity index (χ4n) is 2.21. The summed E-state index contributed by atoms with van der Waals surface area (Å²) in [5.41, 5.74) is 2.23. The number of aryl methyl sites for hydroxylation is 2. The van der Waals surface area contributed by atoms with Crippen LogP contribution in [0.25, 0.3) is 0 Å². The number of carbonyl (C=O) groups is 1. The lowest BCUT2D eigenvalue weighted by Crippen LogP contribution is -2.29. The summed E-state index contributed by atoms with van der Waals surface area (Å²) in [5, 5.41) is 7.27. The Balaban J connectivity index is 1.88. The van der Waals surface area contributed by atoms with Gasteiger partial charge in [-0.2, -0.15) is 5.10 Å². The summed E-state index contributed by atoms with van der Waals surface area (Å²) in [4.78, 5) is 12.0. The summed E-state index contributed by atoms with van der Waals surface area (Å²) in [5.74, 6) is 0.0654. The molecular formula is C16H21N3O. The van der Waals surface area contributed by atoms with Gasteiger partial charge in [0.25, 0.3) is 0 Å². The first kappa shape index (κ1) is 14.3. The third-order valence-electron chi connectivity index (χ3n) is 3.43. The van der Waals surface area contributed by atoms with Crippen LogP contribution in [0.2, 0.25) is 0 Å². The van der Waals surface area contributed by atoms with E-state index in [0.29, 0.717) is 13.0 Å². The average Bonchev–Trinajstić information content (AvgIpc) is 2.89. The second-order valence-electron chi connectivity index (χ2n) is 4.88. The predicted molar refractivity (Wildman–Crippen MR) is 79.2 cm³/mol. The van der Waals surface area contributed by atoms with Crippen molar-refractivity contribution in [2.75, 3.05) is 0 Å². The van der Waals surface area contributed by atoms with Gasteiger partial charge in [0.1, 0.15) is 0 Å². The molecule has 1 unspecified atom stereocenters. The van der Waals surface area contributed by atoms with E-state index < -0.39 is 0 Å². The van der Waals surface area contributed by atoms with Gasteiger partial charge in [0.15, 0.2) is 0 Å². The van der Waals surface area contributed by atoms with Crippen LogP contribution in [-0.2, 0) is 11.3 Å². The summed E-state index contributed by atoms with van der Waals surface area (Å²) in [6, 6.07) is 12.1. The van der Waals surface area contributed by atoms with Crippen molar-refractivity contribution < 1.29 is 4.79 Å². The fourth-order valence-corrected chi connectivity index (χ4v) is 2.21. The van der Waals surface area contributed by atoms with Crippen molar-refractivity contribution in [2.45, 2.75) is 39.3 Å². The Bertz CT molecular complexity index is 548. The normalized spacial score (nSPS) is 12.1. The zero-order valence-corrected chi connectivity index (χ0v) is 12.0. The fraction of sp³-hybridized carbons (Fsp3) is 0.375. The van der Waals surface area contributed by atoms with Gasteiger partial charge in [-0.15, -0.1) is 0 Å². The van der Waals surface area contributed by atoms with E-state index in [0.717, 1.165) is 17.7 Å². The smallest absolute Gasteiger partial charge is 0.222 e. The zero-order valence-electron chi connectivity index (χ0n) is 12.0. The van der Waals surface area contributed by atoms with Crippen LogP contribution in [0.4, 0.5) is 0 Å². The van der Waals surface area contributed by atoms with Crippen LogP contribution in [-0.4, -0.2) is 15.7 Å². The highest BCUT2D eigenvalue weighted by Gasteiger charge is 2.12. The second kappa shape index (κ2) is 6.89. The molecule has 0 spiro atoms. The van der Waals surface area contributed by atoms with E-state index in [-0.39, 0.29) is 11.9 Å². The van der Waals surface area contributed by atoms with Crippen LogP contribution < -0.4 is 5.32 Å². The van der Waals surface area contributed by atoms with E-state index in [9.17, 15) is 4.79 Å². The molecular weight excluding hydrogens is 250 g/mol. The highest BCUT2D eigenvalue weighted by atomic mass is 16.1. The molecule has 1 N–H and O–H groups in total. The van der Waals surface area contributed by atoms with Gasteiger partial charge in [0.2, 0.25) is 5.91 Å². The van der Waals surface area contributed by atoms with Crippen molar-refractivity contribution in [2.24, 2.45) is 0 Å². The molecule has 1 aromatic heterocycles. The van der Waals surface area contributed by atoms with Crippen LogP contribution in [0.5, 0.6) is 0 Å². The summed E-state index contributed by atoms with van der Waals surface area (Å²) < 4.78 is 1.85. The van der Waals surface area contributed by atoms with Gasteiger partial charge < -0.3 is 5.32 Å². The Morgan fingerprint density at radius 2 is 2.05 bits per heavy atom. The van der Waals surface area contributed by atoms with Crippen LogP contribution in [0.3, 0.4) is 0 Å². The van der Waals surface area contributed by atoms with E-state index in [4.69, 9.17) is 0 Å². The van der Waals surface area contributed by atoms with Gasteiger partial charge in [-0.3, -0.25) is 9.48 Å². The third kappa shape index (κ3) is 3.70. The molecule has 4 nitrogen and oxygen atoms in total. The van der Waals surface area contributed by atoms with E-state index in [2.05, 4.69) is 17.3 Å². The molecule has 1 amide bonds. The molecule has 2 aromatic rings. The van der Waals surface area contributed by atoms with Crippen molar-refractivity contribution in [3.05, 3.63) is 53.9 Å². The van der Waals surface area contributed by atoms with Crippen LogP contribution >= 0.6 is 0 Å². The van der Waals surface area contributed by atoms with Crippen LogP contribution in [0.15, 0.2) is 42.6 Å².